The highest BCUT2D eigenvalue weighted by Crippen LogP contribution is 2.15. The highest BCUT2D eigenvalue weighted by molar-refractivity contribution is 7.11. The molecule has 17 heavy (non-hydrogen) atoms. The second-order valence-corrected chi connectivity index (χ2v) is 5.13. The smallest absolute Gasteiger partial charge is 0.109 e. The van der Waals surface area contributed by atoms with Crippen molar-refractivity contribution in [3.63, 3.8) is 0 Å². The summed E-state index contributed by atoms with van der Waals surface area (Å²) in [5, 5.41) is 1.06. The molecule has 0 fully saturated rings. The van der Waals surface area contributed by atoms with E-state index in [-0.39, 0.29) is 0 Å². The molecular weight excluding hydrogens is 232 g/mol. The average Bonchev–Trinajstić information content (AvgIpc) is 2.66. The summed E-state index contributed by atoms with van der Waals surface area (Å²) in [6.45, 7) is 5.35. The van der Waals surface area contributed by atoms with Crippen LogP contribution in [-0.4, -0.2) is 4.98 Å². The Balaban J connectivity index is 1.73. The van der Waals surface area contributed by atoms with Crippen LogP contribution < -0.4 is 5.48 Å². The van der Waals surface area contributed by atoms with Gasteiger partial charge < -0.3 is 0 Å². The third-order valence-corrected chi connectivity index (χ3v) is 3.55. The number of nitrogens with one attached hydrogen (secondary N) is 1. The van der Waals surface area contributed by atoms with Gasteiger partial charge in [0.15, 0.2) is 0 Å². The van der Waals surface area contributed by atoms with Crippen LogP contribution >= 0.6 is 11.3 Å². The third kappa shape index (κ3) is 3.63. The van der Waals surface area contributed by atoms with Gasteiger partial charge in [-0.25, -0.2) is 4.98 Å². The molecule has 3 nitrogen and oxygen atoms in total. The van der Waals surface area contributed by atoms with Crippen molar-refractivity contribution in [1.29, 1.82) is 0 Å². The van der Waals surface area contributed by atoms with Gasteiger partial charge in [0.2, 0.25) is 0 Å². The van der Waals surface area contributed by atoms with E-state index in [0.717, 1.165) is 16.3 Å². The number of hydrogen-bond donors (Lipinski definition) is 1. The van der Waals surface area contributed by atoms with Crippen LogP contribution in [0.2, 0.25) is 0 Å². The van der Waals surface area contributed by atoms with Crippen LogP contribution in [0.5, 0.6) is 0 Å². The quantitative estimate of drug-likeness (QED) is 0.652. The molecule has 1 N–H and O–H groups in total. The lowest BCUT2D eigenvalue weighted by molar-refractivity contribution is 0.0234. The van der Waals surface area contributed by atoms with Crippen LogP contribution in [0, 0.1) is 13.8 Å². The normalized spacial score (nSPS) is 10.7. The van der Waals surface area contributed by atoms with Crippen LogP contribution in [0.1, 0.15) is 21.1 Å². The van der Waals surface area contributed by atoms with Crippen molar-refractivity contribution in [2.24, 2.45) is 0 Å². The molecule has 0 saturated heterocycles. The van der Waals surface area contributed by atoms with Gasteiger partial charge in [-0.1, -0.05) is 30.3 Å². The number of aryl methyl sites for hydroxylation is 2. The minimum Gasteiger partial charge on any atom is -0.297 e. The Kier molecular flexibility index (Phi) is 4.25. The summed E-state index contributed by atoms with van der Waals surface area (Å²) in [4.78, 5) is 11.1. The molecule has 1 heterocycles. The van der Waals surface area contributed by atoms with Crippen LogP contribution in [0.3, 0.4) is 0 Å². The molecule has 0 radical (unpaired) electrons. The van der Waals surface area contributed by atoms with Gasteiger partial charge in [-0.15, -0.1) is 11.3 Å². The molecule has 0 atom stereocenters. The summed E-state index contributed by atoms with van der Waals surface area (Å²) >= 11 is 1.71. The fourth-order valence-electron chi connectivity index (χ4n) is 1.44. The van der Waals surface area contributed by atoms with E-state index < -0.39 is 0 Å². The first-order valence-electron chi connectivity index (χ1n) is 5.57. The standard InChI is InChI=1S/C13H16N2OS/c1-10-11(2)17-13(15-10)8-14-16-9-12-6-4-3-5-7-12/h3-7,14H,8-9H2,1-2H3. The number of hydrogen-bond acceptors (Lipinski definition) is 4. The lowest BCUT2D eigenvalue weighted by Crippen LogP contribution is -2.13. The lowest BCUT2D eigenvalue weighted by Gasteiger charge is -2.03. The fourth-order valence-corrected chi connectivity index (χ4v) is 2.30. The Bertz CT molecular complexity index is 448. The molecule has 0 amide bonds. The molecule has 0 unspecified atom stereocenters. The molecule has 0 saturated carbocycles. The van der Waals surface area contributed by atoms with E-state index in [9.17, 15) is 0 Å². The zero-order chi connectivity index (χ0) is 12.1. The van der Waals surface area contributed by atoms with Crippen molar-refractivity contribution in [3.8, 4) is 0 Å². The number of hydroxylamine groups is 1. The predicted molar refractivity (Wildman–Crippen MR) is 69.7 cm³/mol. The molecule has 0 spiro atoms. The first-order chi connectivity index (χ1) is 8.25. The van der Waals surface area contributed by atoms with Gasteiger partial charge in [0.1, 0.15) is 5.01 Å². The molecule has 0 aliphatic carbocycles. The highest BCUT2D eigenvalue weighted by atomic mass is 32.1. The van der Waals surface area contributed by atoms with E-state index in [2.05, 4.69) is 17.4 Å². The van der Waals surface area contributed by atoms with Gasteiger partial charge >= 0.3 is 0 Å². The highest BCUT2D eigenvalue weighted by Gasteiger charge is 2.02. The van der Waals surface area contributed by atoms with Crippen molar-refractivity contribution in [2.75, 3.05) is 0 Å². The van der Waals surface area contributed by atoms with Crippen molar-refractivity contribution in [3.05, 3.63) is 51.5 Å². The number of aromatic nitrogens is 1. The van der Waals surface area contributed by atoms with Crippen molar-refractivity contribution in [1.82, 2.24) is 10.5 Å². The number of benzene rings is 1. The number of thiazole rings is 1. The zero-order valence-electron chi connectivity index (χ0n) is 10.1. The maximum Gasteiger partial charge on any atom is 0.109 e. The summed E-state index contributed by atoms with van der Waals surface area (Å²) in [5.74, 6) is 0. The van der Waals surface area contributed by atoms with E-state index in [1.165, 1.54) is 4.88 Å². The van der Waals surface area contributed by atoms with Crippen LogP contribution in [0.15, 0.2) is 30.3 Å². The molecule has 4 heteroatoms. The van der Waals surface area contributed by atoms with Crippen LogP contribution in [0.4, 0.5) is 0 Å². The minimum absolute atomic E-state index is 0.574. The molecule has 90 valence electrons. The van der Waals surface area contributed by atoms with Crippen molar-refractivity contribution in [2.45, 2.75) is 27.0 Å². The van der Waals surface area contributed by atoms with Gasteiger partial charge in [0, 0.05) is 4.88 Å². The minimum atomic E-state index is 0.574. The van der Waals surface area contributed by atoms with Gasteiger partial charge in [-0.2, -0.15) is 5.48 Å². The second kappa shape index (κ2) is 5.91. The summed E-state index contributed by atoms with van der Waals surface area (Å²) in [7, 11) is 0. The summed E-state index contributed by atoms with van der Waals surface area (Å²) in [5.41, 5.74) is 5.20. The Labute approximate surface area is 105 Å². The van der Waals surface area contributed by atoms with E-state index >= 15 is 0 Å². The van der Waals surface area contributed by atoms with Gasteiger partial charge in [0.05, 0.1) is 18.8 Å². The van der Waals surface area contributed by atoms with Gasteiger partial charge in [-0.05, 0) is 19.4 Å². The summed E-state index contributed by atoms with van der Waals surface area (Å²) < 4.78 is 0. The van der Waals surface area contributed by atoms with E-state index in [0.29, 0.717) is 13.2 Å². The van der Waals surface area contributed by atoms with E-state index in [1.54, 1.807) is 11.3 Å². The van der Waals surface area contributed by atoms with Crippen LogP contribution in [0.25, 0.3) is 0 Å². The number of nitrogens with zero attached hydrogens (tertiary/aromatic N) is 1. The van der Waals surface area contributed by atoms with Crippen molar-refractivity contribution >= 4 is 11.3 Å². The molecule has 0 aliphatic heterocycles. The Morgan fingerprint density at radius 3 is 2.65 bits per heavy atom. The third-order valence-electron chi connectivity index (χ3n) is 2.48. The molecular formula is C13H16N2OS. The predicted octanol–water partition coefficient (Wildman–Crippen LogP) is 2.98. The Morgan fingerprint density at radius 2 is 2.00 bits per heavy atom. The number of rotatable bonds is 5. The molecule has 2 aromatic rings. The van der Waals surface area contributed by atoms with Crippen LogP contribution in [-0.2, 0) is 18.0 Å². The average molecular weight is 248 g/mol. The molecule has 0 aliphatic rings. The first-order valence-corrected chi connectivity index (χ1v) is 6.39. The summed E-state index contributed by atoms with van der Waals surface area (Å²) in [6, 6.07) is 10.1. The fraction of sp³-hybridized carbons (Fsp3) is 0.308. The molecule has 1 aromatic carbocycles. The molecule has 1 aromatic heterocycles. The van der Waals surface area contributed by atoms with E-state index in [1.807, 2.05) is 37.3 Å². The SMILES string of the molecule is Cc1nc(CNOCc2ccccc2)sc1C. The maximum absolute atomic E-state index is 5.39. The molecule has 2 rings (SSSR count). The lowest BCUT2D eigenvalue weighted by atomic mass is 10.2. The Hall–Kier alpha value is -1.23. The first kappa shape index (κ1) is 12.2. The van der Waals surface area contributed by atoms with Gasteiger partial charge in [-0.3, -0.25) is 4.84 Å². The second-order valence-electron chi connectivity index (χ2n) is 3.84. The Morgan fingerprint density at radius 1 is 1.24 bits per heavy atom. The molecule has 0 bridgehead atoms. The van der Waals surface area contributed by atoms with Crippen molar-refractivity contribution < 1.29 is 4.84 Å². The summed E-state index contributed by atoms with van der Waals surface area (Å²) in [6.07, 6.45) is 0. The van der Waals surface area contributed by atoms with E-state index in [4.69, 9.17) is 4.84 Å². The topological polar surface area (TPSA) is 34.2 Å². The van der Waals surface area contributed by atoms with Gasteiger partial charge in [0.25, 0.3) is 0 Å². The monoisotopic (exact) mass is 248 g/mol. The largest absolute Gasteiger partial charge is 0.297 e. The maximum atomic E-state index is 5.39. The zero-order valence-corrected chi connectivity index (χ0v) is 10.9.